The summed E-state index contributed by atoms with van der Waals surface area (Å²) in [5.41, 5.74) is 0. The van der Waals surface area contributed by atoms with E-state index in [2.05, 4.69) is 10.1 Å². The van der Waals surface area contributed by atoms with E-state index in [0.29, 0.717) is 19.3 Å². The molecule has 0 aromatic carbocycles. The summed E-state index contributed by atoms with van der Waals surface area (Å²) in [5, 5.41) is 0. The molecule has 0 aromatic heterocycles. The van der Waals surface area contributed by atoms with Crippen molar-refractivity contribution >= 4 is 16.4 Å². The van der Waals surface area contributed by atoms with Crippen LogP contribution in [0.15, 0.2) is 0 Å². The van der Waals surface area contributed by atoms with Crippen LogP contribution in [-0.4, -0.2) is 27.1 Å². The monoisotopic (exact) mass is 204 g/mol. The molecule has 0 heterocycles. The quantitative estimate of drug-likeness (QED) is 0.259. The van der Waals surface area contributed by atoms with Gasteiger partial charge in [-0.2, -0.15) is 8.42 Å². The van der Waals surface area contributed by atoms with Crippen molar-refractivity contribution in [2.75, 3.05) is 12.4 Å². The van der Waals surface area contributed by atoms with E-state index in [4.69, 9.17) is 6.42 Å². The van der Waals surface area contributed by atoms with Crippen molar-refractivity contribution < 1.29 is 17.4 Å². The first-order chi connectivity index (χ1) is 6.12. The Morgan fingerprint density at radius 1 is 1.38 bits per heavy atom. The zero-order valence-corrected chi connectivity index (χ0v) is 8.05. The van der Waals surface area contributed by atoms with Crippen molar-refractivity contribution in [2.24, 2.45) is 0 Å². The largest absolute Gasteiger partial charge is 0.303 e. The SMILES string of the molecule is C#CCOS(=O)(=O)CCCCC=O. The lowest BCUT2D eigenvalue weighted by Gasteiger charge is -2.00. The highest BCUT2D eigenvalue weighted by Crippen LogP contribution is 2.00. The summed E-state index contributed by atoms with van der Waals surface area (Å²) in [6.45, 7) is -0.226. The van der Waals surface area contributed by atoms with Crippen LogP contribution in [0.2, 0.25) is 0 Å². The number of aldehydes is 1. The fraction of sp³-hybridized carbons (Fsp3) is 0.625. The van der Waals surface area contributed by atoms with Gasteiger partial charge in [0, 0.05) is 6.42 Å². The maximum absolute atomic E-state index is 10.9. The lowest BCUT2D eigenvalue weighted by Crippen LogP contribution is -2.10. The Hall–Kier alpha value is -0.860. The van der Waals surface area contributed by atoms with Crippen molar-refractivity contribution in [3.8, 4) is 12.3 Å². The Morgan fingerprint density at radius 3 is 2.62 bits per heavy atom. The average molecular weight is 204 g/mol. The maximum atomic E-state index is 10.9. The van der Waals surface area contributed by atoms with E-state index in [1.54, 1.807) is 0 Å². The van der Waals surface area contributed by atoms with Crippen molar-refractivity contribution in [3.63, 3.8) is 0 Å². The van der Waals surface area contributed by atoms with Gasteiger partial charge < -0.3 is 4.79 Å². The zero-order valence-electron chi connectivity index (χ0n) is 7.23. The minimum Gasteiger partial charge on any atom is -0.303 e. The van der Waals surface area contributed by atoms with Gasteiger partial charge >= 0.3 is 0 Å². The summed E-state index contributed by atoms with van der Waals surface area (Å²) >= 11 is 0. The summed E-state index contributed by atoms with van der Waals surface area (Å²) in [6, 6.07) is 0. The summed E-state index contributed by atoms with van der Waals surface area (Å²) < 4.78 is 26.3. The number of hydrogen-bond acceptors (Lipinski definition) is 4. The first-order valence-electron chi connectivity index (χ1n) is 3.86. The van der Waals surface area contributed by atoms with Gasteiger partial charge in [-0.15, -0.1) is 6.42 Å². The van der Waals surface area contributed by atoms with E-state index in [1.165, 1.54) is 0 Å². The third-order valence-corrected chi connectivity index (χ3v) is 2.55. The number of rotatable bonds is 7. The Morgan fingerprint density at radius 2 is 2.08 bits per heavy atom. The summed E-state index contributed by atoms with van der Waals surface area (Å²) in [7, 11) is -3.48. The zero-order chi connectivity index (χ0) is 10.2. The number of hydrogen-bond donors (Lipinski definition) is 0. The topological polar surface area (TPSA) is 60.4 Å². The van der Waals surface area contributed by atoms with Crippen LogP contribution in [0, 0.1) is 12.3 Å². The average Bonchev–Trinajstić information content (AvgIpc) is 2.09. The first kappa shape index (κ1) is 12.1. The van der Waals surface area contributed by atoms with E-state index in [1.807, 2.05) is 0 Å². The van der Waals surface area contributed by atoms with Gasteiger partial charge in [0.25, 0.3) is 10.1 Å². The standard InChI is InChI=1S/C8H12O4S/c1-2-7-12-13(10,11)8-5-3-4-6-9/h1,6H,3-5,7-8H2. The predicted octanol–water partition coefficient (Wildman–Crippen LogP) is 0.335. The lowest BCUT2D eigenvalue weighted by atomic mass is 10.3. The van der Waals surface area contributed by atoms with Crippen molar-refractivity contribution in [1.29, 1.82) is 0 Å². The van der Waals surface area contributed by atoms with Gasteiger partial charge in [0.15, 0.2) is 0 Å². The van der Waals surface area contributed by atoms with Crippen molar-refractivity contribution in [2.45, 2.75) is 19.3 Å². The molecule has 0 unspecified atom stereocenters. The molecule has 0 aliphatic rings. The molecule has 0 spiro atoms. The Labute approximate surface area is 78.4 Å². The Kier molecular flexibility index (Phi) is 6.20. The van der Waals surface area contributed by atoms with Crippen LogP contribution in [0.1, 0.15) is 19.3 Å². The Bertz CT molecular complexity index is 273. The van der Waals surface area contributed by atoms with Gasteiger partial charge in [-0.05, 0) is 12.8 Å². The van der Waals surface area contributed by atoms with Gasteiger partial charge in [0.1, 0.15) is 12.9 Å². The van der Waals surface area contributed by atoms with Crippen molar-refractivity contribution in [1.82, 2.24) is 0 Å². The van der Waals surface area contributed by atoms with E-state index < -0.39 is 10.1 Å². The molecule has 0 aliphatic heterocycles. The molecule has 0 bridgehead atoms. The molecule has 0 saturated heterocycles. The third-order valence-electron chi connectivity index (χ3n) is 1.29. The fourth-order valence-electron chi connectivity index (χ4n) is 0.689. The van der Waals surface area contributed by atoms with Crippen LogP contribution in [-0.2, 0) is 19.1 Å². The second-order valence-electron chi connectivity index (χ2n) is 2.39. The molecule has 0 aliphatic carbocycles. The Balaban J connectivity index is 3.65. The molecule has 0 rings (SSSR count). The third kappa shape index (κ3) is 7.50. The molecule has 0 N–H and O–H groups in total. The summed E-state index contributed by atoms with van der Waals surface area (Å²) in [6.07, 6.45) is 6.94. The molecular formula is C8H12O4S. The minimum atomic E-state index is -3.48. The highest BCUT2D eigenvalue weighted by Gasteiger charge is 2.08. The molecule has 5 heteroatoms. The molecular weight excluding hydrogens is 192 g/mol. The molecule has 4 nitrogen and oxygen atoms in total. The molecule has 0 aromatic rings. The lowest BCUT2D eigenvalue weighted by molar-refractivity contribution is -0.107. The van der Waals surface area contributed by atoms with Crippen LogP contribution < -0.4 is 0 Å². The van der Waals surface area contributed by atoms with Gasteiger partial charge in [-0.3, -0.25) is 4.18 Å². The summed E-state index contributed by atoms with van der Waals surface area (Å²) in [4.78, 5) is 9.89. The van der Waals surface area contributed by atoms with E-state index in [9.17, 15) is 13.2 Å². The number of carbonyl (C=O) groups excluding carboxylic acids is 1. The van der Waals surface area contributed by atoms with Crippen LogP contribution >= 0.6 is 0 Å². The maximum Gasteiger partial charge on any atom is 0.268 e. The van der Waals surface area contributed by atoms with Crippen LogP contribution in [0.3, 0.4) is 0 Å². The smallest absolute Gasteiger partial charge is 0.268 e. The van der Waals surface area contributed by atoms with Crippen LogP contribution in [0.25, 0.3) is 0 Å². The van der Waals surface area contributed by atoms with Gasteiger partial charge in [-0.1, -0.05) is 5.92 Å². The number of carbonyl (C=O) groups is 1. The second-order valence-corrected chi connectivity index (χ2v) is 4.15. The molecule has 0 amide bonds. The van der Waals surface area contributed by atoms with E-state index in [-0.39, 0.29) is 12.4 Å². The predicted molar refractivity (Wildman–Crippen MR) is 48.5 cm³/mol. The van der Waals surface area contributed by atoms with Gasteiger partial charge in [-0.25, -0.2) is 0 Å². The minimum absolute atomic E-state index is 0.0808. The van der Waals surface area contributed by atoms with Crippen LogP contribution in [0.4, 0.5) is 0 Å². The summed E-state index contributed by atoms with van der Waals surface area (Å²) in [5.74, 6) is 1.99. The molecule has 0 atom stereocenters. The number of unbranched alkanes of at least 4 members (excludes halogenated alkanes) is 2. The molecule has 74 valence electrons. The normalized spacial score (nSPS) is 10.7. The highest BCUT2D eigenvalue weighted by atomic mass is 32.2. The molecule has 0 saturated carbocycles. The molecule has 0 radical (unpaired) electrons. The van der Waals surface area contributed by atoms with Gasteiger partial charge in [0.05, 0.1) is 5.75 Å². The van der Waals surface area contributed by atoms with E-state index in [0.717, 1.165) is 6.29 Å². The molecule has 13 heavy (non-hydrogen) atoms. The second kappa shape index (κ2) is 6.63. The number of terminal acetylenes is 1. The first-order valence-corrected chi connectivity index (χ1v) is 5.44. The highest BCUT2D eigenvalue weighted by molar-refractivity contribution is 7.86. The van der Waals surface area contributed by atoms with E-state index >= 15 is 0 Å². The van der Waals surface area contributed by atoms with Crippen molar-refractivity contribution in [3.05, 3.63) is 0 Å². The molecule has 0 fully saturated rings. The van der Waals surface area contributed by atoms with Crippen LogP contribution in [0.5, 0.6) is 0 Å². The fourth-order valence-corrected chi connectivity index (χ4v) is 1.61. The van der Waals surface area contributed by atoms with Gasteiger partial charge in [0.2, 0.25) is 0 Å².